The predicted octanol–water partition coefficient (Wildman–Crippen LogP) is 2.19. The molecule has 0 saturated carbocycles. The van der Waals surface area contributed by atoms with Crippen molar-refractivity contribution in [2.24, 2.45) is 0 Å². The number of carboxylic acid groups (broad SMARTS) is 1. The molecule has 0 aliphatic heterocycles. The quantitative estimate of drug-likeness (QED) is 0.656. The fraction of sp³-hybridized carbons (Fsp3) is 0.400. The van der Waals surface area contributed by atoms with E-state index in [-0.39, 0.29) is 11.3 Å². The van der Waals surface area contributed by atoms with Crippen LogP contribution in [-0.2, 0) is 11.3 Å². The van der Waals surface area contributed by atoms with Gasteiger partial charge in [-0.05, 0) is 13.0 Å². The number of carbonyl (C=O) groups is 1. The highest BCUT2D eigenvalue weighted by Crippen LogP contribution is 2.25. The minimum atomic E-state index is -4.17. The highest BCUT2D eigenvalue weighted by atomic mass is 19.3. The van der Waals surface area contributed by atoms with Gasteiger partial charge in [-0.1, -0.05) is 0 Å². The van der Waals surface area contributed by atoms with Crippen molar-refractivity contribution in [1.82, 2.24) is 9.78 Å². The Labute approximate surface area is 99.5 Å². The maximum atomic E-state index is 12.8. The molecule has 1 heterocycles. The summed E-state index contributed by atoms with van der Waals surface area (Å²) in [6.45, 7) is 0.199. The van der Waals surface area contributed by atoms with E-state index in [0.29, 0.717) is 4.68 Å². The Morgan fingerprint density at radius 2 is 2.22 bits per heavy atom. The standard InChI is InChI=1S/C10H10F4N2O2/c1-6-7(2-3-8(17)18)4-16(15-6)5-10(13,14)9(11)12/h2-4,9H,5H2,1H3,(H,17,18)/b3-2+. The zero-order valence-electron chi connectivity index (χ0n) is 9.28. The fourth-order valence-corrected chi connectivity index (χ4v) is 1.22. The number of nitrogens with zero attached hydrogens (tertiary/aromatic N) is 2. The fourth-order valence-electron chi connectivity index (χ4n) is 1.22. The van der Waals surface area contributed by atoms with E-state index in [2.05, 4.69) is 5.10 Å². The van der Waals surface area contributed by atoms with Gasteiger partial charge in [0.15, 0.2) is 0 Å². The molecule has 0 unspecified atom stereocenters. The predicted molar refractivity (Wildman–Crippen MR) is 54.6 cm³/mol. The first-order valence-corrected chi connectivity index (χ1v) is 4.83. The summed E-state index contributed by atoms with van der Waals surface area (Å²) in [4.78, 5) is 10.3. The highest BCUT2D eigenvalue weighted by Gasteiger charge is 2.41. The van der Waals surface area contributed by atoms with Gasteiger partial charge in [-0.25, -0.2) is 13.6 Å². The number of hydrogen-bond donors (Lipinski definition) is 1. The van der Waals surface area contributed by atoms with Crippen LogP contribution in [0, 0.1) is 6.92 Å². The molecule has 1 aromatic heterocycles. The number of carboxylic acids is 1. The van der Waals surface area contributed by atoms with Gasteiger partial charge in [0.1, 0.15) is 6.54 Å². The Morgan fingerprint density at radius 1 is 1.61 bits per heavy atom. The topological polar surface area (TPSA) is 55.1 Å². The second kappa shape index (κ2) is 5.19. The van der Waals surface area contributed by atoms with E-state index in [4.69, 9.17) is 5.11 Å². The van der Waals surface area contributed by atoms with E-state index in [9.17, 15) is 22.4 Å². The Bertz CT molecular complexity index is 468. The molecule has 1 aromatic rings. The maximum absolute atomic E-state index is 12.8. The van der Waals surface area contributed by atoms with Crippen molar-refractivity contribution in [3.63, 3.8) is 0 Å². The smallest absolute Gasteiger partial charge is 0.328 e. The molecule has 0 aliphatic rings. The average Bonchev–Trinajstić information content (AvgIpc) is 2.54. The SMILES string of the molecule is Cc1nn(CC(F)(F)C(F)F)cc1/C=C/C(=O)O. The average molecular weight is 266 g/mol. The Hall–Kier alpha value is -1.86. The number of aryl methyl sites for hydroxylation is 1. The van der Waals surface area contributed by atoms with E-state index in [1.165, 1.54) is 6.92 Å². The summed E-state index contributed by atoms with van der Waals surface area (Å²) in [5.41, 5.74) is 0.556. The van der Waals surface area contributed by atoms with Crippen LogP contribution in [-0.4, -0.2) is 33.2 Å². The lowest BCUT2D eigenvalue weighted by atomic mass is 10.2. The molecule has 100 valence electrons. The van der Waals surface area contributed by atoms with Crippen molar-refractivity contribution < 1.29 is 27.5 Å². The molecule has 0 radical (unpaired) electrons. The molecule has 0 bridgehead atoms. The van der Waals surface area contributed by atoms with Crippen LogP contribution in [0.25, 0.3) is 6.08 Å². The molecule has 0 spiro atoms. The first-order chi connectivity index (χ1) is 8.22. The molecular weight excluding hydrogens is 256 g/mol. The second-order valence-corrected chi connectivity index (χ2v) is 3.60. The summed E-state index contributed by atoms with van der Waals surface area (Å²) in [5, 5.41) is 12.0. The van der Waals surface area contributed by atoms with Gasteiger partial charge in [0.25, 0.3) is 0 Å². The van der Waals surface area contributed by atoms with Crippen molar-refractivity contribution in [2.75, 3.05) is 0 Å². The van der Waals surface area contributed by atoms with E-state index in [0.717, 1.165) is 18.3 Å². The molecule has 0 amide bonds. The van der Waals surface area contributed by atoms with Gasteiger partial charge in [0, 0.05) is 17.8 Å². The zero-order chi connectivity index (χ0) is 13.9. The van der Waals surface area contributed by atoms with Crippen LogP contribution in [0.3, 0.4) is 0 Å². The molecule has 0 aromatic carbocycles. The van der Waals surface area contributed by atoms with Gasteiger partial charge in [-0.15, -0.1) is 0 Å². The molecule has 8 heteroatoms. The first-order valence-electron chi connectivity index (χ1n) is 4.83. The molecular formula is C10H10F4N2O2. The molecule has 1 rings (SSSR count). The number of halogens is 4. The minimum Gasteiger partial charge on any atom is -0.478 e. The van der Waals surface area contributed by atoms with E-state index in [1.54, 1.807) is 0 Å². The van der Waals surface area contributed by atoms with Crippen LogP contribution in [0.15, 0.2) is 12.3 Å². The number of aliphatic carboxylic acids is 1. The Balaban J connectivity index is 2.88. The zero-order valence-corrected chi connectivity index (χ0v) is 9.28. The van der Waals surface area contributed by atoms with Crippen molar-refractivity contribution in [1.29, 1.82) is 0 Å². The summed E-state index contributed by atoms with van der Waals surface area (Å²) in [6.07, 6.45) is -0.730. The van der Waals surface area contributed by atoms with Gasteiger partial charge in [-0.2, -0.15) is 13.9 Å². The van der Waals surface area contributed by atoms with Crippen molar-refractivity contribution in [3.05, 3.63) is 23.5 Å². The van der Waals surface area contributed by atoms with Crippen LogP contribution < -0.4 is 0 Å². The lowest BCUT2D eigenvalue weighted by Crippen LogP contribution is -2.32. The molecule has 0 fully saturated rings. The van der Waals surface area contributed by atoms with Gasteiger partial charge in [0.2, 0.25) is 0 Å². The Kier molecular flexibility index (Phi) is 4.10. The second-order valence-electron chi connectivity index (χ2n) is 3.60. The normalized spacial score (nSPS) is 12.6. The van der Waals surface area contributed by atoms with Crippen molar-refractivity contribution >= 4 is 12.0 Å². The summed E-state index contributed by atoms with van der Waals surface area (Å²) in [7, 11) is 0. The third-order valence-electron chi connectivity index (χ3n) is 2.08. The van der Waals surface area contributed by atoms with E-state index < -0.39 is 24.9 Å². The lowest BCUT2D eigenvalue weighted by molar-refractivity contribution is -0.139. The van der Waals surface area contributed by atoms with E-state index >= 15 is 0 Å². The molecule has 4 nitrogen and oxygen atoms in total. The maximum Gasteiger partial charge on any atom is 0.328 e. The molecule has 0 saturated heterocycles. The van der Waals surface area contributed by atoms with E-state index in [1.807, 2.05) is 0 Å². The molecule has 1 N–H and O–H groups in total. The van der Waals surface area contributed by atoms with Gasteiger partial charge in [0.05, 0.1) is 5.69 Å². The van der Waals surface area contributed by atoms with Crippen LogP contribution in [0.2, 0.25) is 0 Å². The van der Waals surface area contributed by atoms with Gasteiger partial charge >= 0.3 is 18.3 Å². The third-order valence-corrected chi connectivity index (χ3v) is 2.08. The number of hydrogen-bond acceptors (Lipinski definition) is 2. The van der Waals surface area contributed by atoms with Gasteiger partial charge < -0.3 is 5.11 Å². The lowest BCUT2D eigenvalue weighted by Gasteiger charge is -2.14. The number of rotatable bonds is 5. The number of alkyl halides is 4. The molecule has 0 aliphatic carbocycles. The van der Waals surface area contributed by atoms with Crippen LogP contribution >= 0.6 is 0 Å². The highest BCUT2D eigenvalue weighted by molar-refractivity contribution is 5.85. The summed E-state index contributed by atoms with van der Waals surface area (Å²) < 4.78 is 50.2. The summed E-state index contributed by atoms with van der Waals surface area (Å²) in [6, 6.07) is 0. The third kappa shape index (κ3) is 3.57. The minimum absolute atomic E-state index is 0.276. The van der Waals surface area contributed by atoms with Crippen LogP contribution in [0.4, 0.5) is 17.6 Å². The first kappa shape index (κ1) is 14.2. The largest absolute Gasteiger partial charge is 0.478 e. The molecule has 0 atom stereocenters. The summed E-state index contributed by atoms with van der Waals surface area (Å²) in [5.74, 6) is -5.38. The van der Waals surface area contributed by atoms with Gasteiger partial charge in [-0.3, -0.25) is 4.68 Å². The Morgan fingerprint density at radius 3 is 2.72 bits per heavy atom. The van der Waals surface area contributed by atoms with Crippen LogP contribution in [0.1, 0.15) is 11.3 Å². The number of aromatic nitrogens is 2. The van der Waals surface area contributed by atoms with Crippen LogP contribution in [0.5, 0.6) is 0 Å². The molecule has 18 heavy (non-hydrogen) atoms. The van der Waals surface area contributed by atoms with Crippen molar-refractivity contribution in [2.45, 2.75) is 25.8 Å². The van der Waals surface area contributed by atoms with Crippen molar-refractivity contribution in [3.8, 4) is 0 Å². The monoisotopic (exact) mass is 266 g/mol. The summed E-state index contributed by atoms with van der Waals surface area (Å²) >= 11 is 0.